The number of aromatic nitrogens is 6. The minimum absolute atomic E-state index is 0.0411. The van der Waals surface area contributed by atoms with Crippen molar-refractivity contribution in [3.05, 3.63) is 77.0 Å². The van der Waals surface area contributed by atoms with E-state index in [1.54, 1.807) is 23.3 Å². The summed E-state index contributed by atoms with van der Waals surface area (Å²) < 4.78 is 43.1. The van der Waals surface area contributed by atoms with E-state index in [0.717, 1.165) is 43.1 Å². The van der Waals surface area contributed by atoms with Crippen molar-refractivity contribution in [2.45, 2.75) is 25.4 Å². The Morgan fingerprint density at radius 1 is 1.18 bits per heavy atom. The molecule has 1 aliphatic heterocycles. The van der Waals surface area contributed by atoms with Gasteiger partial charge in [-0.1, -0.05) is 17.7 Å². The summed E-state index contributed by atoms with van der Waals surface area (Å²) in [6.07, 6.45) is 6.44. The van der Waals surface area contributed by atoms with Gasteiger partial charge in [-0.25, -0.2) is 28.1 Å². The third-order valence-electron chi connectivity index (χ3n) is 6.02. The molecule has 5 rings (SSSR count). The van der Waals surface area contributed by atoms with Gasteiger partial charge in [0.1, 0.15) is 5.69 Å². The lowest BCUT2D eigenvalue weighted by Gasteiger charge is -2.39. The second-order valence-corrected chi connectivity index (χ2v) is 8.91. The molecule has 0 unspecified atom stereocenters. The highest BCUT2D eigenvalue weighted by molar-refractivity contribution is 6.31. The van der Waals surface area contributed by atoms with Crippen LogP contribution in [0.4, 0.5) is 24.8 Å². The van der Waals surface area contributed by atoms with E-state index in [1.165, 1.54) is 6.20 Å². The Labute approximate surface area is 219 Å². The van der Waals surface area contributed by atoms with Crippen molar-refractivity contribution in [3.63, 3.8) is 0 Å². The molecule has 1 atom stereocenters. The Balaban J connectivity index is 1.27. The zero-order chi connectivity index (χ0) is 26.8. The number of amides is 1. The molecular weight excluding hydrogens is 525 g/mol. The normalized spacial score (nSPS) is 15.0. The number of carbonyl (C=O) groups is 1. The maximum Gasteiger partial charge on any atom is 0.275 e. The van der Waals surface area contributed by atoms with Crippen LogP contribution >= 0.6 is 11.6 Å². The number of alkyl halides is 2. The Hall–Kier alpha value is -4.10. The summed E-state index contributed by atoms with van der Waals surface area (Å²) in [5.74, 6) is -1.22. The molecule has 196 valence electrons. The number of aliphatic hydroxyl groups excluding tert-OH is 1. The van der Waals surface area contributed by atoms with Gasteiger partial charge in [0.15, 0.2) is 5.82 Å². The van der Waals surface area contributed by atoms with E-state index in [2.05, 4.69) is 30.4 Å². The van der Waals surface area contributed by atoms with E-state index < -0.39 is 29.3 Å². The molecule has 4 aromatic rings. The molecule has 10 nitrogen and oxygen atoms in total. The molecule has 0 spiro atoms. The van der Waals surface area contributed by atoms with Crippen LogP contribution in [0.5, 0.6) is 0 Å². The van der Waals surface area contributed by atoms with Crippen LogP contribution in [0.1, 0.15) is 34.5 Å². The molecular formula is C24H20ClF3N8O2. The molecule has 1 fully saturated rings. The quantitative estimate of drug-likeness (QED) is 0.344. The molecule has 14 heteroatoms. The second kappa shape index (κ2) is 10.7. The first kappa shape index (κ1) is 25.5. The minimum atomic E-state index is -2.99. The molecule has 4 heterocycles. The van der Waals surface area contributed by atoms with Gasteiger partial charge in [0.25, 0.3) is 12.3 Å². The number of benzene rings is 1. The zero-order valence-electron chi connectivity index (χ0n) is 19.6. The van der Waals surface area contributed by atoms with Gasteiger partial charge in [-0.2, -0.15) is 5.10 Å². The van der Waals surface area contributed by atoms with Crippen molar-refractivity contribution < 1.29 is 23.1 Å². The molecule has 1 amide bonds. The van der Waals surface area contributed by atoms with Crippen molar-refractivity contribution in [3.8, 4) is 11.3 Å². The largest absolute Gasteiger partial charge is 0.394 e. The Kier molecular flexibility index (Phi) is 7.20. The highest BCUT2D eigenvalue weighted by atomic mass is 35.5. The fraction of sp³-hybridized carbons (Fsp3) is 0.250. The number of nitrogens with one attached hydrogen (secondary N) is 1. The number of anilines is 2. The number of hydrogen-bond donors (Lipinski definition) is 2. The second-order valence-electron chi connectivity index (χ2n) is 8.51. The van der Waals surface area contributed by atoms with Crippen molar-refractivity contribution in [2.24, 2.45) is 0 Å². The lowest BCUT2D eigenvalue weighted by Crippen LogP contribution is -2.50. The number of rotatable bonds is 8. The maximum absolute atomic E-state index is 14.6. The highest BCUT2D eigenvalue weighted by Crippen LogP contribution is 2.35. The number of halogens is 4. The van der Waals surface area contributed by atoms with E-state index in [1.807, 2.05) is 4.90 Å². The van der Waals surface area contributed by atoms with Gasteiger partial charge in [-0.05, 0) is 12.5 Å². The summed E-state index contributed by atoms with van der Waals surface area (Å²) in [5, 5.41) is 15.8. The van der Waals surface area contributed by atoms with Crippen molar-refractivity contribution in [1.29, 1.82) is 0 Å². The Bertz CT molecular complexity index is 1470. The standard InChI is InChI=1S/C24H20ClF3N8O2/c25-17-2-1-16(22(27)28)20(21(17)26)18-8-29-9-19(34-18)23(38)33-14-7-32-35(11-14)10-13-5-30-24(31-6-13)36-4-3-15(36)12-37/h1-2,5-9,11,15,22,37H,3-4,10,12H2,(H,33,38)/t15-/m1/s1. The van der Waals surface area contributed by atoms with E-state index >= 15 is 0 Å². The van der Waals surface area contributed by atoms with Gasteiger partial charge in [-0.3, -0.25) is 14.5 Å². The number of aliphatic hydroxyl groups is 1. The number of hydrogen-bond acceptors (Lipinski definition) is 8. The third kappa shape index (κ3) is 5.15. The number of nitrogens with zero attached hydrogens (tertiary/aromatic N) is 7. The van der Waals surface area contributed by atoms with Gasteiger partial charge >= 0.3 is 0 Å². The maximum atomic E-state index is 14.6. The molecule has 1 aromatic carbocycles. The van der Waals surface area contributed by atoms with Crippen LogP contribution in [0.3, 0.4) is 0 Å². The highest BCUT2D eigenvalue weighted by Gasteiger charge is 2.29. The summed E-state index contributed by atoms with van der Waals surface area (Å²) in [4.78, 5) is 31.3. The number of carbonyl (C=O) groups excluding carboxylic acids is 1. The predicted octanol–water partition coefficient (Wildman–Crippen LogP) is 3.73. The molecule has 2 N–H and O–H groups in total. The van der Waals surface area contributed by atoms with E-state index in [-0.39, 0.29) is 29.1 Å². The molecule has 0 radical (unpaired) electrons. The lowest BCUT2D eigenvalue weighted by molar-refractivity contribution is 0.102. The molecule has 0 aliphatic carbocycles. The SMILES string of the molecule is O=C(Nc1cnn(Cc2cnc(N3CC[C@@H]3CO)nc2)c1)c1cncc(-c2c(C(F)F)ccc(Cl)c2F)n1. The van der Waals surface area contributed by atoms with Crippen LogP contribution in [0.15, 0.2) is 49.3 Å². The van der Waals surface area contributed by atoms with Gasteiger partial charge in [0.05, 0.1) is 54.2 Å². The fourth-order valence-electron chi connectivity index (χ4n) is 3.97. The summed E-state index contributed by atoms with van der Waals surface area (Å²) >= 11 is 5.78. The summed E-state index contributed by atoms with van der Waals surface area (Å²) in [6.45, 7) is 1.18. The van der Waals surface area contributed by atoms with Gasteiger partial charge in [0.2, 0.25) is 5.95 Å². The van der Waals surface area contributed by atoms with E-state index in [4.69, 9.17) is 11.6 Å². The topological polar surface area (TPSA) is 122 Å². The van der Waals surface area contributed by atoms with Gasteiger partial charge < -0.3 is 15.3 Å². The Morgan fingerprint density at radius 2 is 1.97 bits per heavy atom. The van der Waals surface area contributed by atoms with Crippen LogP contribution in [0.2, 0.25) is 5.02 Å². The lowest BCUT2D eigenvalue weighted by atomic mass is 10.0. The molecule has 0 bridgehead atoms. The smallest absolute Gasteiger partial charge is 0.275 e. The van der Waals surface area contributed by atoms with Crippen LogP contribution in [-0.4, -0.2) is 59.9 Å². The molecule has 3 aromatic heterocycles. The molecule has 1 saturated heterocycles. The monoisotopic (exact) mass is 544 g/mol. The zero-order valence-corrected chi connectivity index (χ0v) is 20.4. The Morgan fingerprint density at radius 3 is 2.66 bits per heavy atom. The van der Waals surface area contributed by atoms with E-state index in [9.17, 15) is 23.1 Å². The summed E-state index contributed by atoms with van der Waals surface area (Å²) in [5.41, 5.74) is -0.491. The molecule has 38 heavy (non-hydrogen) atoms. The minimum Gasteiger partial charge on any atom is -0.394 e. The van der Waals surface area contributed by atoms with Gasteiger partial charge in [0, 0.05) is 41.8 Å². The van der Waals surface area contributed by atoms with Crippen LogP contribution < -0.4 is 10.2 Å². The average molecular weight is 545 g/mol. The van der Waals surface area contributed by atoms with Crippen molar-refractivity contribution in [2.75, 3.05) is 23.4 Å². The van der Waals surface area contributed by atoms with E-state index in [0.29, 0.717) is 18.2 Å². The molecule has 0 saturated carbocycles. The van der Waals surface area contributed by atoms with Crippen molar-refractivity contribution >= 4 is 29.1 Å². The first-order valence-electron chi connectivity index (χ1n) is 11.4. The summed E-state index contributed by atoms with van der Waals surface area (Å²) in [7, 11) is 0. The van der Waals surface area contributed by atoms with Crippen LogP contribution in [-0.2, 0) is 6.54 Å². The molecule has 1 aliphatic rings. The van der Waals surface area contributed by atoms with Gasteiger partial charge in [-0.15, -0.1) is 0 Å². The van der Waals surface area contributed by atoms with Crippen LogP contribution in [0, 0.1) is 5.82 Å². The van der Waals surface area contributed by atoms with Crippen molar-refractivity contribution in [1.82, 2.24) is 29.7 Å². The first-order valence-corrected chi connectivity index (χ1v) is 11.8. The first-order chi connectivity index (χ1) is 18.3. The summed E-state index contributed by atoms with van der Waals surface area (Å²) in [6, 6.07) is 2.08. The average Bonchev–Trinajstić information content (AvgIpc) is 3.32. The van der Waals surface area contributed by atoms with Crippen LogP contribution in [0.25, 0.3) is 11.3 Å². The predicted molar refractivity (Wildman–Crippen MR) is 132 cm³/mol. The third-order valence-corrected chi connectivity index (χ3v) is 6.32. The fourth-order valence-corrected chi connectivity index (χ4v) is 4.13.